The number of benzene rings is 2. The Kier molecular flexibility index (Phi) is 6.19. The highest BCUT2D eigenvalue weighted by atomic mass is 16.5. The lowest BCUT2D eigenvalue weighted by atomic mass is 9.72. The molecule has 0 fully saturated rings. The van der Waals surface area contributed by atoms with Crippen LogP contribution in [0.4, 0.5) is 0 Å². The fraction of sp³-hybridized carbons (Fsp3) is 0.273. The van der Waals surface area contributed by atoms with Crippen molar-refractivity contribution in [2.24, 2.45) is 5.92 Å². The largest absolute Gasteiger partial charge is 0.468 e. The smallest absolute Gasteiger partial charge is 0.315 e. The van der Waals surface area contributed by atoms with Gasteiger partial charge in [-0.25, -0.2) is 0 Å². The van der Waals surface area contributed by atoms with Crippen LogP contribution in [-0.2, 0) is 9.53 Å². The molecule has 0 heterocycles. The average molecular weight is 349 g/mol. The predicted molar refractivity (Wildman–Crippen MR) is 102 cm³/mol. The number of hydrogen-bond acceptors (Lipinski definition) is 3. The van der Waals surface area contributed by atoms with E-state index in [1.54, 1.807) is 31.2 Å². The van der Waals surface area contributed by atoms with E-state index in [-0.39, 0.29) is 5.91 Å². The van der Waals surface area contributed by atoms with E-state index in [9.17, 15) is 9.59 Å². The van der Waals surface area contributed by atoms with Crippen LogP contribution in [0.25, 0.3) is 0 Å². The second-order valence-corrected chi connectivity index (χ2v) is 6.36. The van der Waals surface area contributed by atoms with Crippen LogP contribution in [-0.4, -0.2) is 24.5 Å². The van der Waals surface area contributed by atoms with Gasteiger partial charge in [0.1, 0.15) is 5.92 Å². The second-order valence-electron chi connectivity index (χ2n) is 6.36. The predicted octanol–water partition coefficient (Wildman–Crippen LogP) is 3.40. The maximum atomic E-state index is 12.8. The molecule has 2 rings (SSSR count). The molecule has 2 aromatic carbocycles. The van der Waals surface area contributed by atoms with Crippen molar-refractivity contribution in [3.8, 4) is 12.3 Å². The SMILES string of the molecule is C#CC(C)C(C)(NC(=O)c1ccccc1)C(C(=O)OC)c1ccccc1. The van der Waals surface area contributed by atoms with E-state index in [1.165, 1.54) is 7.11 Å². The third-order valence-corrected chi connectivity index (χ3v) is 4.74. The average Bonchev–Trinajstić information content (AvgIpc) is 2.68. The van der Waals surface area contributed by atoms with Gasteiger partial charge in [0, 0.05) is 11.5 Å². The monoisotopic (exact) mass is 349 g/mol. The van der Waals surface area contributed by atoms with Gasteiger partial charge < -0.3 is 10.1 Å². The molecule has 1 amide bonds. The van der Waals surface area contributed by atoms with Gasteiger partial charge in [0.05, 0.1) is 12.6 Å². The summed E-state index contributed by atoms with van der Waals surface area (Å²) in [5.41, 5.74) is 0.202. The maximum Gasteiger partial charge on any atom is 0.315 e. The van der Waals surface area contributed by atoms with Crippen LogP contribution in [0.1, 0.15) is 35.7 Å². The van der Waals surface area contributed by atoms with Gasteiger partial charge in [0.25, 0.3) is 5.91 Å². The van der Waals surface area contributed by atoms with Crippen LogP contribution >= 0.6 is 0 Å². The van der Waals surface area contributed by atoms with Crippen LogP contribution < -0.4 is 5.32 Å². The first-order valence-corrected chi connectivity index (χ1v) is 8.40. The Balaban J connectivity index is 2.50. The number of esters is 1. The molecule has 2 aromatic rings. The molecule has 0 aromatic heterocycles. The molecule has 0 bridgehead atoms. The van der Waals surface area contributed by atoms with Crippen molar-refractivity contribution < 1.29 is 14.3 Å². The summed E-state index contributed by atoms with van der Waals surface area (Å²) in [5.74, 6) is 0.767. The molecule has 3 unspecified atom stereocenters. The lowest BCUT2D eigenvalue weighted by molar-refractivity contribution is -0.144. The van der Waals surface area contributed by atoms with Crippen LogP contribution in [0.15, 0.2) is 60.7 Å². The van der Waals surface area contributed by atoms with Gasteiger partial charge in [-0.05, 0) is 31.5 Å². The van der Waals surface area contributed by atoms with E-state index in [2.05, 4.69) is 11.2 Å². The maximum absolute atomic E-state index is 12.8. The highest BCUT2D eigenvalue weighted by Crippen LogP contribution is 2.35. The van der Waals surface area contributed by atoms with Crippen molar-refractivity contribution in [3.05, 3.63) is 71.8 Å². The van der Waals surface area contributed by atoms with Gasteiger partial charge in [0.2, 0.25) is 0 Å². The minimum absolute atomic E-state index is 0.292. The Morgan fingerprint density at radius 1 is 1.08 bits per heavy atom. The zero-order valence-corrected chi connectivity index (χ0v) is 15.2. The normalized spacial score (nSPS) is 15.0. The number of carbonyl (C=O) groups excluding carboxylic acids is 2. The number of ether oxygens (including phenoxy) is 1. The van der Waals surface area contributed by atoms with Crippen LogP contribution in [0, 0.1) is 18.3 Å². The number of hydrogen-bond donors (Lipinski definition) is 1. The summed E-state index contributed by atoms with van der Waals surface area (Å²) in [7, 11) is 1.33. The highest BCUT2D eigenvalue weighted by Gasteiger charge is 2.45. The quantitative estimate of drug-likeness (QED) is 0.642. The number of carbonyl (C=O) groups is 2. The summed E-state index contributed by atoms with van der Waals surface area (Å²) in [6.07, 6.45) is 5.68. The minimum atomic E-state index is -1.03. The van der Waals surface area contributed by atoms with Gasteiger partial charge in [-0.1, -0.05) is 48.5 Å². The zero-order chi connectivity index (χ0) is 19.2. The lowest BCUT2D eigenvalue weighted by Gasteiger charge is -2.40. The zero-order valence-electron chi connectivity index (χ0n) is 15.2. The van der Waals surface area contributed by atoms with Gasteiger partial charge in [-0.15, -0.1) is 12.3 Å². The molecule has 0 saturated carbocycles. The summed E-state index contributed by atoms with van der Waals surface area (Å²) in [4.78, 5) is 25.5. The topological polar surface area (TPSA) is 55.4 Å². The van der Waals surface area contributed by atoms with E-state index < -0.39 is 23.3 Å². The molecule has 0 spiro atoms. The third kappa shape index (κ3) is 3.94. The summed E-state index contributed by atoms with van der Waals surface area (Å²) in [6, 6.07) is 18.0. The second kappa shape index (κ2) is 8.35. The van der Waals surface area contributed by atoms with Gasteiger partial charge in [0.15, 0.2) is 0 Å². The number of nitrogens with one attached hydrogen (secondary N) is 1. The Bertz CT molecular complexity index is 795. The third-order valence-electron chi connectivity index (χ3n) is 4.74. The van der Waals surface area contributed by atoms with E-state index in [4.69, 9.17) is 11.2 Å². The molecule has 0 aliphatic carbocycles. The molecule has 0 radical (unpaired) electrons. The van der Waals surface area contributed by atoms with Crippen molar-refractivity contribution in [1.29, 1.82) is 0 Å². The van der Waals surface area contributed by atoms with Gasteiger partial charge >= 0.3 is 5.97 Å². The fourth-order valence-corrected chi connectivity index (χ4v) is 3.00. The molecule has 0 aliphatic heterocycles. The first-order valence-electron chi connectivity index (χ1n) is 8.40. The van der Waals surface area contributed by atoms with Gasteiger partial charge in [-0.2, -0.15) is 0 Å². The number of methoxy groups -OCH3 is 1. The Hall–Kier alpha value is -3.06. The lowest BCUT2D eigenvalue weighted by Crippen LogP contribution is -2.56. The molecule has 4 heteroatoms. The molecule has 0 saturated heterocycles. The molecule has 26 heavy (non-hydrogen) atoms. The van der Waals surface area contributed by atoms with Crippen molar-refractivity contribution in [3.63, 3.8) is 0 Å². The molecule has 134 valence electrons. The summed E-state index contributed by atoms with van der Waals surface area (Å²) < 4.78 is 5.04. The molecule has 1 N–H and O–H groups in total. The van der Waals surface area contributed by atoms with Crippen LogP contribution in [0.5, 0.6) is 0 Å². The summed E-state index contributed by atoms with van der Waals surface area (Å²) >= 11 is 0. The molecular weight excluding hydrogens is 326 g/mol. The Morgan fingerprint density at radius 2 is 1.62 bits per heavy atom. The Morgan fingerprint density at radius 3 is 2.12 bits per heavy atom. The van der Waals surface area contributed by atoms with Crippen molar-refractivity contribution in [1.82, 2.24) is 5.32 Å². The van der Waals surface area contributed by atoms with E-state index in [0.717, 1.165) is 5.56 Å². The van der Waals surface area contributed by atoms with E-state index in [0.29, 0.717) is 5.56 Å². The first-order chi connectivity index (χ1) is 12.4. The fourth-order valence-electron chi connectivity index (χ4n) is 3.00. The van der Waals surface area contributed by atoms with E-state index in [1.807, 2.05) is 43.3 Å². The number of rotatable bonds is 6. The molecule has 3 atom stereocenters. The number of terminal acetylenes is 1. The highest BCUT2D eigenvalue weighted by molar-refractivity contribution is 5.95. The summed E-state index contributed by atoms with van der Waals surface area (Å²) in [5, 5.41) is 2.99. The van der Waals surface area contributed by atoms with Crippen LogP contribution in [0.3, 0.4) is 0 Å². The molecule has 4 nitrogen and oxygen atoms in total. The standard InChI is InChI=1S/C22H23NO3/c1-5-16(2)22(3,23-20(24)18-14-10-7-11-15-18)19(21(25)26-4)17-12-8-6-9-13-17/h1,6-16,19H,2-4H3,(H,23,24). The van der Waals surface area contributed by atoms with Crippen molar-refractivity contribution in [2.45, 2.75) is 25.3 Å². The first kappa shape index (κ1) is 19.3. The molecular formula is C22H23NO3. The van der Waals surface area contributed by atoms with Crippen LogP contribution in [0.2, 0.25) is 0 Å². The minimum Gasteiger partial charge on any atom is -0.468 e. The van der Waals surface area contributed by atoms with E-state index >= 15 is 0 Å². The summed E-state index contributed by atoms with van der Waals surface area (Å²) in [6.45, 7) is 3.59. The van der Waals surface area contributed by atoms with Crippen molar-refractivity contribution >= 4 is 11.9 Å². The Labute approximate surface area is 154 Å². The number of amides is 1. The van der Waals surface area contributed by atoms with Crippen molar-refractivity contribution in [2.75, 3.05) is 7.11 Å². The van der Waals surface area contributed by atoms with Gasteiger partial charge in [-0.3, -0.25) is 9.59 Å². The molecule has 0 aliphatic rings.